The number of nitrogens with zero attached hydrogens (tertiary/aromatic N) is 1. The number of fused-ring (bicyclic) bond motifs is 1. The summed E-state index contributed by atoms with van der Waals surface area (Å²) >= 11 is 0. The number of benzene rings is 1. The minimum absolute atomic E-state index is 0.0385. The highest BCUT2D eigenvalue weighted by Crippen LogP contribution is 2.32. The fourth-order valence-electron chi connectivity index (χ4n) is 2.01. The summed E-state index contributed by atoms with van der Waals surface area (Å²) in [6.45, 7) is 1.71. The van der Waals surface area contributed by atoms with E-state index in [2.05, 4.69) is 0 Å². The van der Waals surface area contributed by atoms with Crippen molar-refractivity contribution in [1.82, 2.24) is 0 Å². The van der Waals surface area contributed by atoms with Gasteiger partial charge in [0.25, 0.3) is 5.91 Å². The quantitative estimate of drug-likeness (QED) is 0.817. The van der Waals surface area contributed by atoms with Gasteiger partial charge in [0.15, 0.2) is 6.61 Å². The Balaban J connectivity index is 2.11. The first-order chi connectivity index (χ1) is 8.58. The molecule has 4 heteroatoms. The summed E-state index contributed by atoms with van der Waals surface area (Å²) < 4.78 is 5.36. The number of hydrogen-bond donors (Lipinski definition) is 0. The van der Waals surface area contributed by atoms with E-state index >= 15 is 0 Å². The molecule has 0 unspecified atom stereocenters. The topological polar surface area (TPSA) is 46.6 Å². The van der Waals surface area contributed by atoms with Gasteiger partial charge in [0.05, 0.1) is 5.69 Å². The van der Waals surface area contributed by atoms with Gasteiger partial charge in [-0.15, -0.1) is 0 Å². The largest absolute Gasteiger partial charge is 0.482 e. The Morgan fingerprint density at radius 1 is 1.44 bits per heavy atom. The van der Waals surface area contributed by atoms with Crippen molar-refractivity contribution in [2.24, 2.45) is 0 Å². The van der Waals surface area contributed by atoms with Crippen LogP contribution in [0.25, 0.3) is 0 Å². The molecule has 18 heavy (non-hydrogen) atoms. The van der Waals surface area contributed by atoms with E-state index in [1.165, 1.54) is 0 Å². The summed E-state index contributed by atoms with van der Waals surface area (Å²) in [5, 5.41) is 0. The van der Waals surface area contributed by atoms with Gasteiger partial charge in [-0.2, -0.15) is 0 Å². The molecule has 0 atom stereocenters. The third-order valence-electron chi connectivity index (χ3n) is 3.10. The van der Waals surface area contributed by atoms with E-state index in [1.807, 2.05) is 18.2 Å². The predicted octanol–water partition coefficient (Wildman–Crippen LogP) is 1.95. The molecule has 0 radical (unpaired) electrons. The second-order valence-corrected chi connectivity index (χ2v) is 4.60. The van der Waals surface area contributed by atoms with Crippen molar-refractivity contribution in [3.8, 4) is 5.75 Å². The highest BCUT2D eigenvalue weighted by molar-refractivity contribution is 5.97. The molecule has 0 N–H and O–H groups in total. The van der Waals surface area contributed by atoms with Crippen LogP contribution < -0.4 is 9.64 Å². The lowest BCUT2D eigenvalue weighted by atomic mass is 10.1. The second kappa shape index (κ2) is 5.21. The normalized spacial score (nSPS) is 14.1. The van der Waals surface area contributed by atoms with E-state index in [0.29, 0.717) is 6.42 Å². The number of anilines is 1. The molecule has 1 aromatic carbocycles. The van der Waals surface area contributed by atoms with Gasteiger partial charge in [0.2, 0.25) is 0 Å². The van der Waals surface area contributed by atoms with Crippen molar-refractivity contribution in [2.75, 3.05) is 18.6 Å². The standard InChI is InChI=1S/C14H17NO3/c1-10(16)4-3-5-11-6-7-13-12(8-11)15(2)14(17)9-18-13/h6-8H,3-5,9H2,1-2H3. The summed E-state index contributed by atoms with van der Waals surface area (Å²) in [5.74, 6) is 0.916. The molecular formula is C14H17NO3. The van der Waals surface area contributed by atoms with E-state index in [-0.39, 0.29) is 18.3 Å². The molecule has 0 saturated carbocycles. The van der Waals surface area contributed by atoms with Crippen LogP contribution in [-0.2, 0) is 16.0 Å². The van der Waals surface area contributed by atoms with E-state index in [9.17, 15) is 9.59 Å². The van der Waals surface area contributed by atoms with Gasteiger partial charge >= 0.3 is 0 Å². The number of Topliss-reactive ketones (excluding diaryl/α,β-unsaturated/α-hetero) is 1. The minimum atomic E-state index is -0.0385. The molecule has 0 aliphatic carbocycles. The average Bonchev–Trinajstić information content (AvgIpc) is 2.34. The zero-order valence-electron chi connectivity index (χ0n) is 10.7. The first kappa shape index (κ1) is 12.6. The molecule has 4 nitrogen and oxygen atoms in total. The number of amides is 1. The van der Waals surface area contributed by atoms with Gasteiger partial charge in [0.1, 0.15) is 11.5 Å². The van der Waals surface area contributed by atoms with Crippen LogP contribution in [0.2, 0.25) is 0 Å². The van der Waals surface area contributed by atoms with Crippen molar-refractivity contribution in [1.29, 1.82) is 0 Å². The summed E-state index contributed by atoms with van der Waals surface area (Å²) in [6.07, 6.45) is 2.28. The molecular weight excluding hydrogens is 230 g/mol. The number of ether oxygens (including phenoxy) is 1. The molecule has 0 aromatic heterocycles. The van der Waals surface area contributed by atoms with E-state index in [0.717, 1.165) is 29.8 Å². The molecule has 1 aliphatic heterocycles. The first-order valence-corrected chi connectivity index (χ1v) is 6.09. The maximum atomic E-state index is 11.5. The van der Waals surface area contributed by atoms with Crippen molar-refractivity contribution in [3.63, 3.8) is 0 Å². The summed E-state index contributed by atoms with van der Waals surface area (Å²) in [6, 6.07) is 5.84. The van der Waals surface area contributed by atoms with Crippen molar-refractivity contribution >= 4 is 17.4 Å². The molecule has 1 aliphatic rings. The van der Waals surface area contributed by atoms with Crippen LogP contribution >= 0.6 is 0 Å². The Labute approximate surface area is 107 Å². The Morgan fingerprint density at radius 3 is 2.94 bits per heavy atom. The SMILES string of the molecule is CC(=O)CCCc1ccc2c(c1)N(C)C(=O)CO2. The zero-order chi connectivity index (χ0) is 13.1. The molecule has 96 valence electrons. The number of hydrogen-bond acceptors (Lipinski definition) is 3. The second-order valence-electron chi connectivity index (χ2n) is 4.60. The Morgan fingerprint density at radius 2 is 2.22 bits per heavy atom. The maximum Gasteiger partial charge on any atom is 0.264 e. The average molecular weight is 247 g/mol. The fourth-order valence-corrected chi connectivity index (χ4v) is 2.01. The van der Waals surface area contributed by atoms with Crippen LogP contribution in [0, 0.1) is 0 Å². The van der Waals surface area contributed by atoms with E-state index in [1.54, 1.807) is 18.9 Å². The van der Waals surface area contributed by atoms with Crippen LogP contribution in [0.15, 0.2) is 18.2 Å². The lowest BCUT2D eigenvalue weighted by Gasteiger charge is -2.26. The molecule has 1 aromatic rings. The zero-order valence-corrected chi connectivity index (χ0v) is 10.7. The molecule has 2 rings (SSSR count). The monoisotopic (exact) mass is 247 g/mol. The maximum absolute atomic E-state index is 11.5. The summed E-state index contributed by atoms with van der Waals surface area (Å²) in [7, 11) is 1.75. The number of carbonyl (C=O) groups is 2. The number of rotatable bonds is 4. The van der Waals surface area contributed by atoms with E-state index < -0.39 is 0 Å². The van der Waals surface area contributed by atoms with Crippen LogP contribution in [0.1, 0.15) is 25.3 Å². The molecule has 1 amide bonds. The molecule has 0 fully saturated rings. The molecule has 0 saturated heterocycles. The van der Waals surface area contributed by atoms with Gasteiger partial charge in [-0.1, -0.05) is 6.07 Å². The van der Waals surface area contributed by atoms with Gasteiger partial charge in [-0.25, -0.2) is 0 Å². The Bertz CT molecular complexity index is 482. The first-order valence-electron chi connectivity index (χ1n) is 6.09. The van der Waals surface area contributed by atoms with Crippen LogP contribution in [0.4, 0.5) is 5.69 Å². The molecule has 0 bridgehead atoms. The fraction of sp³-hybridized carbons (Fsp3) is 0.429. The van der Waals surface area contributed by atoms with Crippen molar-refractivity contribution in [3.05, 3.63) is 23.8 Å². The summed E-state index contributed by atoms with van der Waals surface area (Å²) in [5.41, 5.74) is 1.94. The van der Waals surface area contributed by atoms with Gasteiger partial charge in [-0.3, -0.25) is 4.79 Å². The Hall–Kier alpha value is -1.84. The molecule has 1 heterocycles. The predicted molar refractivity (Wildman–Crippen MR) is 69.0 cm³/mol. The Kier molecular flexibility index (Phi) is 3.65. The smallest absolute Gasteiger partial charge is 0.264 e. The number of likely N-dealkylation sites (N-methyl/N-ethyl adjacent to an activating group) is 1. The van der Waals surface area contributed by atoms with Gasteiger partial charge in [0, 0.05) is 13.5 Å². The van der Waals surface area contributed by atoms with Gasteiger partial charge < -0.3 is 14.4 Å². The number of aryl methyl sites for hydroxylation is 1. The van der Waals surface area contributed by atoms with Crippen LogP contribution in [0.3, 0.4) is 0 Å². The van der Waals surface area contributed by atoms with Crippen LogP contribution in [-0.4, -0.2) is 25.3 Å². The third kappa shape index (κ3) is 2.70. The number of ketones is 1. The van der Waals surface area contributed by atoms with Crippen molar-refractivity contribution in [2.45, 2.75) is 26.2 Å². The highest BCUT2D eigenvalue weighted by Gasteiger charge is 2.22. The summed E-state index contributed by atoms with van der Waals surface area (Å²) in [4.78, 5) is 24.0. The van der Waals surface area contributed by atoms with Gasteiger partial charge in [-0.05, 0) is 37.5 Å². The highest BCUT2D eigenvalue weighted by atomic mass is 16.5. The third-order valence-corrected chi connectivity index (χ3v) is 3.10. The lowest BCUT2D eigenvalue weighted by Crippen LogP contribution is -2.35. The van der Waals surface area contributed by atoms with Crippen LogP contribution in [0.5, 0.6) is 5.75 Å². The van der Waals surface area contributed by atoms with E-state index in [4.69, 9.17) is 4.74 Å². The lowest BCUT2D eigenvalue weighted by molar-refractivity contribution is -0.121. The minimum Gasteiger partial charge on any atom is -0.482 e. The van der Waals surface area contributed by atoms with Crippen molar-refractivity contribution < 1.29 is 14.3 Å². The molecule has 0 spiro atoms. The number of carbonyl (C=O) groups excluding carboxylic acids is 2.